The van der Waals surface area contributed by atoms with Crippen LogP contribution in [0.25, 0.3) is 5.69 Å². The van der Waals surface area contributed by atoms with Crippen LogP contribution in [0.15, 0.2) is 47.4 Å². The number of epoxide rings is 1. The van der Waals surface area contributed by atoms with Gasteiger partial charge in [-0.15, -0.1) is 16.4 Å². The van der Waals surface area contributed by atoms with Gasteiger partial charge in [-0.25, -0.2) is 14.5 Å². The van der Waals surface area contributed by atoms with E-state index in [1.807, 2.05) is 35.7 Å². The first-order valence-corrected chi connectivity index (χ1v) is 10.5. The third kappa shape index (κ3) is 5.19. The summed E-state index contributed by atoms with van der Waals surface area (Å²) in [5.41, 5.74) is 3.75. The minimum absolute atomic E-state index is 0.130. The van der Waals surface area contributed by atoms with Crippen LogP contribution in [0, 0.1) is 5.92 Å². The summed E-state index contributed by atoms with van der Waals surface area (Å²) in [5.74, 6) is -2.63. The summed E-state index contributed by atoms with van der Waals surface area (Å²) in [6.07, 6.45) is -0.264. The average Bonchev–Trinajstić information content (AvgIpc) is 3.17. The molecule has 31 heavy (non-hydrogen) atoms. The largest absolute Gasteiger partial charge is 0.479 e. The second kappa shape index (κ2) is 9.14. The molecule has 1 aliphatic rings. The van der Waals surface area contributed by atoms with Crippen molar-refractivity contribution in [2.45, 2.75) is 31.6 Å². The quantitative estimate of drug-likeness (QED) is 0.444. The second-order valence-corrected chi connectivity index (χ2v) is 7.79. The lowest BCUT2D eigenvalue weighted by atomic mass is 9.94. The Morgan fingerprint density at radius 2 is 2.00 bits per heavy atom. The van der Waals surface area contributed by atoms with Gasteiger partial charge >= 0.3 is 5.97 Å². The lowest BCUT2D eigenvalue weighted by Gasteiger charge is -2.14. The number of thiazole rings is 1. The number of rotatable bonds is 10. The van der Waals surface area contributed by atoms with Gasteiger partial charge in [0.2, 0.25) is 5.91 Å². The molecule has 1 aliphatic heterocycles. The van der Waals surface area contributed by atoms with Crippen molar-refractivity contribution in [3.05, 3.63) is 58.8 Å². The van der Waals surface area contributed by atoms with E-state index in [-0.39, 0.29) is 25.3 Å². The summed E-state index contributed by atoms with van der Waals surface area (Å²) >= 11 is 1.39. The number of carboxylic acids is 1. The Morgan fingerprint density at radius 1 is 1.19 bits per heavy atom. The fourth-order valence-electron chi connectivity index (χ4n) is 3.16. The number of Topliss-reactive ketones (excluding diaryl/α,β-unsaturated/α-hetero) is 1. The first-order valence-electron chi connectivity index (χ1n) is 9.53. The standard InChI is InChI=1S/C20H19N5O5S/c26-16(17-18(30-17)20(28)29)7-12(6-13-10-31-11-22-13)19(27)21-8-14-9-25(24-23-14)15-4-2-1-3-5-15/h1-5,9-12,17-18H,6-8H2,(H,21,27)(H,28,29)/t12-,17-,18+/m1/s1. The first-order chi connectivity index (χ1) is 15.0. The maximum Gasteiger partial charge on any atom is 0.336 e. The summed E-state index contributed by atoms with van der Waals surface area (Å²) in [5, 5.41) is 21.7. The molecule has 0 unspecified atom stereocenters. The number of carbonyl (C=O) groups is 3. The fraction of sp³-hybridized carbons (Fsp3) is 0.300. The zero-order valence-electron chi connectivity index (χ0n) is 16.2. The average molecular weight is 441 g/mol. The molecule has 3 atom stereocenters. The van der Waals surface area contributed by atoms with Crippen molar-refractivity contribution in [3.8, 4) is 5.69 Å². The van der Waals surface area contributed by atoms with E-state index >= 15 is 0 Å². The minimum Gasteiger partial charge on any atom is -0.479 e. The Bertz CT molecular complexity index is 1070. The summed E-state index contributed by atoms with van der Waals surface area (Å²) in [4.78, 5) is 40.3. The number of nitrogens with zero attached hydrogens (tertiary/aromatic N) is 4. The van der Waals surface area contributed by atoms with Gasteiger partial charge in [0.25, 0.3) is 0 Å². The molecule has 0 spiro atoms. The molecule has 1 aromatic carbocycles. The number of benzene rings is 1. The van der Waals surface area contributed by atoms with Gasteiger partial charge in [-0.05, 0) is 12.1 Å². The molecule has 0 radical (unpaired) electrons. The van der Waals surface area contributed by atoms with Crippen LogP contribution in [0.4, 0.5) is 0 Å². The van der Waals surface area contributed by atoms with E-state index in [0.717, 1.165) is 5.69 Å². The molecule has 11 heteroatoms. The number of aromatic nitrogens is 4. The Hall–Kier alpha value is -3.44. The van der Waals surface area contributed by atoms with Crippen LogP contribution in [-0.4, -0.2) is 55.0 Å². The molecule has 3 heterocycles. The van der Waals surface area contributed by atoms with Crippen molar-refractivity contribution in [2.75, 3.05) is 0 Å². The number of ether oxygens (including phenoxy) is 1. The molecule has 2 aromatic heterocycles. The van der Waals surface area contributed by atoms with E-state index < -0.39 is 29.9 Å². The van der Waals surface area contributed by atoms with Gasteiger partial charge in [-0.3, -0.25) is 9.59 Å². The van der Waals surface area contributed by atoms with Gasteiger partial charge < -0.3 is 15.2 Å². The van der Waals surface area contributed by atoms with Crippen LogP contribution in [0.3, 0.4) is 0 Å². The van der Waals surface area contributed by atoms with Crippen molar-refractivity contribution in [1.29, 1.82) is 0 Å². The number of aliphatic carboxylic acids is 1. The Kier molecular flexibility index (Phi) is 6.14. The maximum atomic E-state index is 12.8. The molecule has 1 fully saturated rings. The number of hydrogen-bond donors (Lipinski definition) is 2. The lowest BCUT2D eigenvalue weighted by molar-refractivity contribution is -0.138. The van der Waals surface area contributed by atoms with Crippen LogP contribution in [0.2, 0.25) is 0 Å². The Morgan fingerprint density at radius 3 is 2.68 bits per heavy atom. The van der Waals surface area contributed by atoms with Gasteiger partial charge in [-0.1, -0.05) is 23.4 Å². The summed E-state index contributed by atoms with van der Waals surface area (Å²) < 4.78 is 6.52. The summed E-state index contributed by atoms with van der Waals surface area (Å²) in [6, 6.07) is 9.44. The molecule has 160 valence electrons. The van der Waals surface area contributed by atoms with E-state index in [9.17, 15) is 14.4 Å². The maximum absolute atomic E-state index is 12.8. The summed E-state index contributed by atoms with van der Waals surface area (Å²) in [7, 11) is 0. The molecule has 0 aliphatic carbocycles. The molecule has 1 saturated heterocycles. The fourth-order valence-corrected chi connectivity index (χ4v) is 3.73. The van der Waals surface area contributed by atoms with Crippen molar-refractivity contribution < 1.29 is 24.2 Å². The Labute approximate surface area is 180 Å². The highest BCUT2D eigenvalue weighted by Crippen LogP contribution is 2.26. The number of carbonyl (C=O) groups excluding carboxylic acids is 2. The summed E-state index contributed by atoms with van der Waals surface area (Å²) in [6.45, 7) is 0.144. The molecule has 1 amide bonds. The molecule has 2 N–H and O–H groups in total. The van der Waals surface area contributed by atoms with E-state index in [1.54, 1.807) is 16.4 Å². The molecular formula is C20H19N5O5S. The van der Waals surface area contributed by atoms with Crippen molar-refractivity contribution in [1.82, 2.24) is 25.3 Å². The smallest absolute Gasteiger partial charge is 0.336 e. The van der Waals surface area contributed by atoms with Gasteiger partial charge in [0.05, 0.1) is 35.6 Å². The first kappa shape index (κ1) is 20.8. The van der Waals surface area contributed by atoms with Crippen molar-refractivity contribution >= 4 is 29.0 Å². The van der Waals surface area contributed by atoms with Crippen molar-refractivity contribution in [2.24, 2.45) is 5.92 Å². The van der Waals surface area contributed by atoms with Gasteiger partial charge in [0.15, 0.2) is 18.0 Å². The number of ketones is 1. The van der Waals surface area contributed by atoms with Gasteiger partial charge in [-0.2, -0.15) is 0 Å². The number of para-hydroxylation sites is 1. The van der Waals surface area contributed by atoms with E-state index in [2.05, 4.69) is 20.6 Å². The molecular weight excluding hydrogens is 422 g/mol. The minimum atomic E-state index is -1.18. The number of nitrogens with one attached hydrogen (secondary N) is 1. The third-order valence-corrected chi connectivity index (χ3v) is 5.45. The SMILES string of the molecule is O=C(NCc1cn(-c2ccccc2)nn1)[C@@H](CC(=O)[C@H]1O[C@@H]1C(=O)O)Cc1cscn1. The second-order valence-electron chi connectivity index (χ2n) is 7.07. The van der Waals surface area contributed by atoms with E-state index in [0.29, 0.717) is 11.4 Å². The highest BCUT2D eigenvalue weighted by atomic mass is 32.1. The van der Waals surface area contributed by atoms with Gasteiger partial charge in [0.1, 0.15) is 5.69 Å². The molecule has 3 aromatic rings. The number of amides is 1. The predicted molar refractivity (Wildman–Crippen MR) is 108 cm³/mol. The van der Waals surface area contributed by atoms with E-state index in [1.165, 1.54) is 11.3 Å². The highest BCUT2D eigenvalue weighted by molar-refractivity contribution is 7.07. The number of carboxylic acid groups (broad SMARTS) is 1. The highest BCUT2D eigenvalue weighted by Gasteiger charge is 2.50. The molecule has 0 bridgehead atoms. The van der Waals surface area contributed by atoms with E-state index in [4.69, 9.17) is 9.84 Å². The van der Waals surface area contributed by atoms with Crippen LogP contribution in [0.5, 0.6) is 0 Å². The van der Waals surface area contributed by atoms with Crippen LogP contribution >= 0.6 is 11.3 Å². The zero-order valence-corrected chi connectivity index (χ0v) is 17.1. The van der Waals surface area contributed by atoms with Crippen molar-refractivity contribution in [3.63, 3.8) is 0 Å². The van der Waals surface area contributed by atoms with Crippen LogP contribution in [0.1, 0.15) is 17.8 Å². The monoisotopic (exact) mass is 441 g/mol. The Balaban J connectivity index is 1.38. The molecule has 4 rings (SSSR count). The van der Waals surface area contributed by atoms with Gasteiger partial charge in [0, 0.05) is 18.2 Å². The number of hydrogen-bond acceptors (Lipinski definition) is 8. The topological polar surface area (TPSA) is 140 Å². The lowest BCUT2D eigenvalue weighted by Crippen LogP contribution is -2.34. The van der Waals surface area contributed by atoms with Crippen LogP contribution < -0.4 is 5.32 Å². The van der Waals surface area contributed by atoms with Crippen LogP contribution in [-0.2, 0) is 32.1 Å². The molecule has 0 saturated carbocycles. The normalized spacial score (nSPS) is 18.3. The third-order valence-electron chi connectivity index (χ3n) is 4.81. The molecule has 10 nitrogen and oxygen atoms in total. The zero-order chi connectivity index (χ0) is 21.8. The predicted octanol–water partition coefficient (Wildman–Crippen LogP) is 1.01.